The third kappa shape index (κ3) is 2.69. The van der Waals surface area contributed by atoms with E-state index in [2.05, 4.69) is 14.9 Å². The van der Waals surface area contributed by atoms with Crippen LogP contribution in [0.3, 0.4) is 0 Å². The van der Waals surface area contributed by atoms with Crippen molar-refractivity contribution in [1.82, 2.24) is 9.97 Å². The molecule has 0 saturated carbocycles. The van der Waals surface area contributed by atoms with E-state index in [4.69, 9.17) is 16.3 Å². The predicted octanol–water partition coefficient (Wildman–Crippen LogP) is 2.36. The fourth-order valence-electron chi connectivity index (χ4n) is 2.07. The number of anilines is 1. The Labute approximate surface area is 107 Å². The van der Waals surface area contributed by atoms with Crippen LogP contribution in [0.15, 0.2) is 0 Å². The summed E-state index contributed by atoms with van der Waals surface area (Å²) in [4.78, 5) is 11.0. The summed E-state index contributed by atoms with van der Waals surface area (Å²) in [5.41, 5.74) is 1.84. The molecule has 1 aromatic heterocycles. The van der Waals surface area contributed by atoms with E-state index in [1.54, 1.807) is 7.11 Å². The monoisotopic (exact) mass is 255 g/mol. The normalized spacial score (nSPS) is 17.5. The van der Waals surface area contributed by atoms with Crippen molar-refractivity contribution in [3.63, 3.8) is 0 Å². The molecule has 5 heteroatoms. The van der Waals surface area contributed by atoms with Crippen LogP contribution in [0, 0.1) is 13.8 Å². The highest BCUT2D eigenvalue weighted by Crippen LogP contribution is 2.26. The van der Waals surface area contributed by atoms with Crippen molar-refractivity contribution in [2.45, 2.75) is 32.8 Å². The van der Waals surface area contributed by atoms with Gasteiger partial charge in [-0.15, -0.1) is 0 Å². The van der Waals surface area contributed by atoms with Gasteiger partial charge in [-0.05, 0) is 26.7 Å². The second-order valence-electron chi connectivity index (χ2n) is 4.43. The summed E-state index contributed by atoms with van der Waals surface area (Å²) < 4.78 is 5.35. The van der Waals surface area contributed by atoms with Gasteiger partial charge in [0.2, 0.25) is 0 Å². The van der Waals surface area contributed by atoms with E-state index >= 15 is 0 Å². The maximum absolute atomic E-state index is 6.16. The van der Waals surface area contributed by atoms with Gasteiger partial charge >= 0.3 is 0 Å². The average molecular weight is 256 g/mol. The SMILES string of the molecule is COC1CCN(c2nc(C)c(C)nc2Cl)CC1. The smallest absolute Gasteiger partial charge is 0.171 e. The highest BCUT2D eigenvalue weighted by molar-refractivity contribution is 6.31. The number of nitrogens with zero attached hydrogens (tertiary/aromatic N) is 3. The number of aryl methyl sites for hydroxylation is 2. The van der Waals surface area contributed by atoms with Gasteiger partial charge in [0.1, 0.15) is 0 Å². The van der Waals surface area contributed by atoms with Crippen molar-refractivity contribution in [3.05, 3.63) is 16.5 Å². The molecule has 1 aromatic rings. The molecule has 0 radical (unpaired) electrons. The summed E-state index contributed by atoms with van der Waals surface area (Å²) in [6.07, 6.45) is 2.40. The van der Waals surface area contributed by atoms with Crippen LogP contribution in [0.4, 0.5) is 5.82 Å². The third-order valence-electron chi connectivity index (χ3n) is 3.32. The Hall–Kier alpha value is -0.870. The van der Waals surface area contributed by atoms with E-state index in [1.807, 2.05) is 13.8 Å². The molecule has 1 saturated heterocycles. The Morgan fingerprint density at radius 1 is 1.18 bits per heavy atom. The van der Waals surface area contributed by atoms with Crippen molar-refractivity contribution in [3.8, 4) is 0 Å². The van der Waals surface area contributed by atoms with Crippen molar-refractivity contribution in [2.24, 2.45) is 0 Å². The number of halogens is 1. The van der Waals surface area contributed by atoms with Gasteiger partial charge in [-0.2, -0.15) is 0 Å². The summed E-state index contributed by atoms with van der Waals surface area (Å²) in [5, 5.41) is 0.504. The highest BCUT2D eigenvalue weighted by Gasteiger charge is 2.22. The fourth-order valence-corrected chi connectivity index (χ4v) is 2.36. The zero-order valence-corrected chi connectivity index (χ0v) is 11.3. The van der Waals surface area contributed by atoms with Crippen LogP contribution in [0.25, 0.3) is 0 Å². The van der Waals surface area contributed by atoms with E-state index in [0.717, 1.165) is 43.1 Å². The second-order valence-corrected chi connectivity index (χ2v) is 4.79. The molecule has 1 aliphatic rings. The zero-order valence-electron chi connectivity index (χ0n) is 10.5. The van der Waals surface area contributed by atoms with Crippen LogP contribution in [-0.4, -0.2) is 36.3 Å². The molecule has 2 rings (SSSR count). The quantitative estimate of drug-likeness (QED) is 0.813. The van der Waals surface area contributed by atoms with Gasteiger partial charge < -0.3 is 9.64 Å². The Morgan fingerprint density at radius 3 is 2.35 bits per heavy atom. The average Bonchev–Trinajstić information content (AvgIpc) is 2.34. The highest BCUT2D eigenvalue weighted by atomic mass is 35.5. The Kier molecular flexibility index (Phi) is 3.84. The maximum atomic E-state index is 6.16. The van der Waals surface area contributed by atoms with Gasteiger partial charge in [-0.25, -0.2) is 9.97 Å². The molecule has 0 bridgehead atoms. The first kappa shape index (κ1) is 12.6. The van der Waals surface area contributed by atoms with Gasteiger partial charge in [0.15, 0.2) is 11.0 Å². The molecule has 0 N–H and O–H groups in total. The first-order chi connectivity index (χ1) is 8.11. The van der Waals surface area contributed by atoms with Crippen LogP contribution in [0.1, 0.15) is 24.2 Å². The summed E-state index contributed by atoms with van der Waals surface area (Å²) in [7, 11) is 1.77. The van der Waals surface area contributed by atoms with Gasteiger partial charge in [-0.3, -0.25) is 0 Å². The molecule has 17 heavy (non-hydrogen) atoms. The van der Waals surface area contributed by atoms with Crippen LogP contribution in [0.5, 0.6) is 0 Å². The number of methoxy groups -OCH3 is 1. The minimum absolute atomic E-state index is 0.365. The van der Waals surface area contributed by atoms with Gasteiger partial charge in [0, 0.05) is 20.2 Å². The van der Waals surface area contributed by atoms with Crippen molar-refractivity contribution in [2.75, 3.05) is 25.1 Å². The number of ether oxygens (including phenoxy) is 1. The number of hydrogen-bond acceptors (Lipinski definition) is 4. The van der Waals surface area contributed by atoms with E-state index in [0.29, 0.717) is 11.3 Å². The fraction of sp³-hybridized carbons (Fsp3) is 0.667. The van der Waals surface area contributed by atoms with Crippen molar-refractivity contribution in [1.29, 1.82) is 0 Å². The minimum atomic E-state index is 0.365. The lowest BCUT2D eigenvalue weighted by Gasteiger charge is -2.32. The molecular formula is C12H18ClN3O. The number of aromatic nitrogens is 2. The van der Waals surface area contributed by atoms with E-state index in [9.17, 15) is 0 Å². The number of piperidine rings is 1. The molecule has 0 atom stereocenters. The largest absolute Gasteiger partial charge is 0.381 e. The molecule has 0 unspecified atom stereocenters. The van der Waals surface area contributed by atoms with Crippen LogP contribution in [0.2, 0.25) is 5.15 Å². The van der Waals surface area contributed by atoms with E-state index < -0.39 is 0 Å². The number of rotatable bonds is 2. The minimum Gasteiger partial charge on any atom is -0.381 e. The third-order valence-corrected chi connectivity index (χ3v) is 3.58. The van der Waals surface area contributed by atoms with Crippen molar-refractivity contribution >= 4 is 17.4 Å². The molecule has 1 aliphatic heterocycles. The zero-order chi connectivity index (χ0) is 12.4. The summed E-state index contributed by atoms with van der Waals surface area (Å²) in [6, 6.07) is 0. The Bertz CT molecular complexity index is 403. The molecule has 94 valence electrons. The number of hydrogen-bond donors (Lipinski definition) is 0. The second kappa shape index (κ2) is 5.19. The van der Waals surface area contributed by atoms with Crippen LogP contribution in [-0.2, 0) is 4.74 Å². The van der Waals surface area contributed by atoms with E-state index in [1.165, 1.54) is 0 Å². The van der Waals surface area contributed by atoms with Crippen LogP contribution >= 0.6 is 11.6 Å². The first-order valence-electron chi connectivity index (χ1n) is 5.90. The molecule has 0 aliphatic carbocycles. The summed E-state index contributed by atoms with van der Waals surface area (Å²) in [6.45, 7) is 5.74. The van der Waals surface area contributed by atoms with Crippen molar-refractivity contribution < 1.29 is 4.74 Å². The molecule has 0 amide bonds. The molecule has 1 fully saturated rings. The predicted molar refractivity (Wildman–Crippen MR) is 68.8 cm³/mol. The molecule has 0 aromatic carbocycles. The molecular weight excluding hydrogens is 238 g/mol. The topological polar surface area (TPSA) is 38.2 Å². The lowest BCUT2D eigenvalue weighted by atomic mass is 10.1. The molecule has 0 spiro atoms. The van der Waals surface area contributed by atoms with E-state index in [-0.39, 0.29) is 0 Å². The van der Waals surface area contributed by atoms with Crippen LogP contribution < -0.4 is 4.90 Å². The standard InChI is InChI=1S/C12H18ClN3O/c1-8-9(2)15-12(11(13)14-8)16-6-4-10(17-3)5-7-16/h10H,4-7H2,1-3H3. The maximum Gasteiger partial charge on any atom is 0.171 e. The first-order valence-corrected chi connectivity index (χ1v) is 6.28. The van der Waals surface area contributed by atoms with Gasteiger partial charge in [-0.1, -0.05) is 11.6 Å². The van der Waals surface area contributed by atoms with Gasteiger partial charge in [0.05, 0.1) is 17.5 Å². The molecule has 4 nitrogen and oxygen atoms in total. The molecule has 2 heterocycles. The summed E-state index contributed by atoms with van der Waals surface area (Å²) in [5.74, 6) is 0.810. The lowest BCUT2D eigenvalue weighted by Crippen LogP contribution is -2.37. The Morgan fingerprint density at radius 2 is 1.76 bits per heavy atom. The lowest BCUT2D eigenvalue weighted by molar-refractivity contribution is 0.0818. The van der Waals surface area contributed by atoms with Gasteiger partial charge in [0.25, 0.3) is 0 Å². The Balaban J connectivity index is 2.16. The summed E-state index contributed by atoms with van der Waals surface area (Å²) >= 11 is 6.16.